The summed E-state index contributed by atoms with van der Waals surface area (Å²) in [6.45, 7) is 1.74. The Kier molecular flexibility index (Phi) is 5.62. The van der Waals surface area contributed by atoms with Crippen molar-refractivity contribution in [3.05, 3.63) is 23.4 Å². The van der Waals surface area contributed by atoms with E-state index in [1.807, 2.05) is 6.07 Å². The molecule has 2 nitrogen and oxygen atoms in total. The average molecular weight is 263 g/mol. The van der Waals surface area contributed by atoms with Crippen molar-refractivity contribution in [3.8, 4) is 0 Å². The van der Waals surface area contributed by atoms with Crippen molar-refractivity contribution in [2.45, 2.75) is 32.1 Å². The molecule has 0 atom stereocenters. The number of rotatable bonds is 6. The fraction of sp³-hybridized carbons (Fsp3) is 0.583. The summed E-state index contributed by atoms with van der Waals surface area (Å²) in [6, 6.07) is 3.69. The number of nitrogens with zero attached hydrogens (tertiary/aromatic N) is 2. The van der Waals surface area contributed by atoms with Crippen LogP contribution in [0.5, 0.6) is 0 Å². The lowest BCUT2D eigenvalue weighted by atomic mass is 10.2. The molecule has 0 aliphatic carbocycles. The molecule has 0 spiro atoms. The summed E-state index contributed by atoms with van der Waals surface area (Å²) in [7, 11) is 1.61. The Morgan fingerprint density at radius 2 is 2.12 bits per heavy atom. The van der Waals surface area contributed by atoms with Crippen molar-refractivity contribution < 1.29 is 8.78 Å². The molecule has 1 aromatic heterocycles. The number of hydrogen-bond donors (Lipinski definition) is 0. The number of aromatic nitrogens is 1. The Bertz CT molecular complexity index is 358. The molecule has 0 unspecified atom stereocenters. The molecular formula is C12H17ClF2N2. The first-order valence-corrected chi connectivity index (χ1v) is 6.15. The maximum absolute atomic E-state index is 12.3. The number of aryl methyl sites for hydroxylation is 1. The lowest BCUT2D eigenvalue weighted by Gasteiger charge is -2.19. The largest absolute Gasteiger partial charge is 0.354 e. The normalized spacial score (nSPS) is 10.9. The van der Waals surface area contributed by atoms with Crippen molar-refractivity contribution in [1.29, 1.82) is 0 Å². The number of halogens is 3. The summed E-state index contributed by atoms with van der Waals surface area (Å²) in [5.41, 5.74) is 1.82. The van der Waals surface area contributed by atoms with E-state index in [0.717, 1.165) is 24.1 Å². The molecule has 1 rings (SSSR count). The summed E-state index contributed by atoms with van der Waals surface area (Å²) in [6.07, 6.45) is -0.562. The van der Waals surface area contributed by atoms with Crippen LogP contribution < -0.4 is 4.90 Å². The van der Waals surface area contributed by atoms with Gasteiger partial charge in [0.25, 0.3) is 6.43 Å². The minimum absolute atomic E-state index is 0.315. The van der Waals surface area contributed by atoms with Crippen LogP contribution in [0.25, 0.3) is 0 Å². The molecule has 0 aliphatic rings. The first-order valence-electron chi connectivity index (χ1n) is 5.62. The van der Waals surface area contributed by atoms with Gasteiger partial charge in [0.15, 0.2) is 0 Å². The van der Waals surface area contributed by atoms with Crippen molar-refractivity contribution in [2.75, 3.05) is 18.5 Å². The van der Waals surface area contributed by atoms with E-state index >= 15 is 0 Å². The first-order chi connectivity index (χ1) is 8.06. The van der Waals surface area contributed by atoms with Crippen molar-refractivity contribution in [1.82, 2.24) is 4.98 Å². The molecule has 0 amide bonds. The van der Waals surface area contributed by atoms with Crippen LogP contribution in [0, 0.1) is 0 Å². The SMILES string of the molecule is CCCc1cc(CCl)cc(N(C)CC(F)F)n1. The van der Waals surface area contributed by atoms with Gasteiger partial charge in [-0.1, -0.05) is 13.3 Å². The van der Waals surface area contributed by atoms with E-state index in [0.29, 0.717) is 11.7 Å². The fourth-order valence-corrected chi connectivity index (χ4v) is 1.74. The summed E-state index contributed by atoms with van der Waals surface area (Å²) in [5.74, 6) is 0.932. The number of anilines is 1. The van der Waals surface area contributed by atoms with Crippen LogP contribution in [0.3, 0.4) is 0 Å². The van der Waals surface area contributed by atoms with Crippen molar-refractivity contribution in [3.63, 3.8) is 0 Å². The molecule has 96 valence electrons. The highest BCUT2D eigenvalue weighted by Crippen LogP contribution is 2.17. The van der Waals surface area contributed by atoms with Crippen LogP contribution in [0.1, 0.15) is 24.6 Å². The lowest BCUT2D eigenvalue weighted by Crippen LogP contribution is -2.25. The second-order valence-corrected chi connectivity index (χ2v) is 4.25. The minimum atomic E-state index is -2.36. The zero-order valence-electron chi connectivity index (χ0n) is 10.1. The molecule has 5 heteroatoms. The lowest BCUT2D eigenvalue weighted by molar-refractivity contribution is 0.156. The van der Waals surface area contributed by atoms with Crippen molar-refractivity contribution in [2.24, 2.45) is 0 Å². The molecule has 17 heavy (non-hydrogen) atoms. The highest BCUT2D eigenvalue weighted by molar-refractivity contribution is 6.17. The van der Waals surface area contributed by atoms with E-state index in [2.05, 4.69) is 11.9 Å². The molecule has 0 aliphatic heterocycles. The Morgan fingerprint density at radius 1 is 1.41 bits per heavy atom. The van der Waals surface area contributed by atoms with E-state index in [1.165, 1.54) is 4.90 Å². The van der Waals surface area contributed by atoms with Crippen LogP contribution in [0.4, 0.5) is 14.6 Å². The van der Waals surface area contributed by atoms with Crippen molar-refractivity contribution >= 4 is 17.4 Å². The third kappa shape index (κ3) is 4.46. The molecule has 0 saturated heterocycles. The van der Waals surface area contributed by atoms with E-state index in [1.54, 1.807) is 13.1 Å². The van der Waals surface area contributed by atoms with E-state index in [-0.39, 0.29) is 6.54 Å². The number of alkyl halides is 3. The predicted octanol–water partition coefficient (Wildman–Crippen LogP) is 3.47. The molecule has 1 heterocycles. The third-order valence-corrected chi connectivity index (χ3v) is 2.70. The van der Waals surface area contributed by atoms with Gasteiger partial charge in [0.1, 0.15) is 5.82 Å². The Balaban J connectivity index is 2.93. The molecule has 0 saturated carbocycles. The average Bonchev–Trinajstić information content (AvgIpc) is 2.28. The van der Waals surface area contributed by atoms with Gasteiger partial charge in [-0.15, -0.1) is 11.6 Å². The van der Waals surface area contributed by atoms with Gasteiger partial charge < -0.3 is 4.90 Å². The zero-order chi connectivity index (χ0) is 12.8. The van der Waals surface area contributed by atoms with Gasteiger partial charge in [0.05, 0.1) is 6.54 Å². The van der Waals surface area contributed by atoms with Crippen LogP contribution >= 0.6 is 11.6 Å². The monoisotopic (exact) mass is 262 g/mol. The minimum Gasteiger partial charge on any atom is -0.354 e. The van der Waals surface area contributed by atoms with Crippen LogP contribution in [-0.4, -0.2) is 25.0 Å². The predicted molar refractivity (Wildman–Crippen MR) is 67.1 cm³/mol. The van der Waals surface area contributed by atoms with E-state index in [4.69, 9.17) is 11.6 Å². The Morgan fingerprint density at radius 3 is 2.65 bits per heavy atom. The Hall–Kier alpha value is -0.900. The van der Waals surface area contributed by atoms with E-state index in [9.17, 15) is 8.78 Å². The smallest absolute Gasteiger partial charge is 0.255 e. The second kappa shape index (κ2) is 6.74. The number of hydrogen-bond acceptors (Lipinski definition) is 2. The second-order valence-electron chi connectivity index (χ2n) is 3.98. The maximum atomic E-state index is 12.3. The molecule has 0 radical (unpaired) electrons. The van der Waals surface area contributed by atoms with Crippen LogP contribution in [0.2, 0.25) is 0 Å². The Labute approximate surface area is 106 Å². The third-order valence-electron chi connectivity index (χ3n) is 2.39. The summed E-state index contributed by atoms with van der Waals surface area (Å²) in [4.78, 5) is 5.82. The first kappa shape index (κ1) is 14.2. The highest BCUT2D eigenvalue weighted by atomic mass is 35.5. The van der Waals surface area contributed by atoms with E-state index < -0.39 is 6.43 Å². The van der Waals surface area contributed by atoms with Gasteiger partial charge in [-0.3, -0.25) is 0 Å². The van der Waals surface area contributed by atoms with Gasteiger partial charge in [-0.25, -0.2) is 13.8 Å². The molecule has 0 N–H and O–H groups in total. The van der Waals surface area contributed by atoms with Gasteiger partial charge in [0, 0.05) is 18.6 Å². The zero-order valence-corrected chi connectivity index (χ0v) is 10.8. The molecule has 1 aromatic rings. The molecule has 0 bridgehead atoms. The maximum Gasteiger partial charge on any atom is 0.255 e. The standard InChI is InChI=1S/C12H17ClF2N2/c1-3-4-10-5-9(7-13)6-12(16-10)17(2)8-11(14)15/h5-6,11H,3-4,7-8H2,1-2H3. The van der Waals surface area contributed by atoms with Gasteiger partial charge in [-0.05, 0) is 24.1 Å². The molecular weight excluding hydrogens is 246 g/mol. The molecule has 0 aromatic carbocycles. The summed E-state index contributed by atoms with van der Waals surface area (Å²) in [5, 5.41) is 0. The van der Waals surface area contributed by atoms with Gasteiger partial charge in [-0.2, -0.15) is 0 Å². The fourth-order valence-electron chi connectivity index (χ4n) is 1.59. The number of pyridine rings is 1. The highest BCUT2D eigenvalue weighted by Gasteiger charge is 2.11. The summed E-state index contributed by atoms with van der Waals surface area (Å²) >= 11 is 5.79. The van der Waals surface area contributed by atoms with Crippen LogP contribution in [-0.2, 0) is 12.3 Å². The van der Waals surface area contributed by atoms with Gasteiger partial charge in [0.2, 0.25) is 0 Å². The summed E-state index contributed by atoms with van der Waals surface area (Å²) < 4.78 is 24.6. The quantitative estimate of drug-likeness (QED) is 0.730. The van der Waals surface area contributed by atoms with Crippen LogP contribution in [0.15, 0.2) is 12.1 Å². The van der Waals surface area contributed by atoms with Gasteiger partial charge >= 0.3 is 0 Å². The topological polar surface area (TPSA) is 16.1 Å². The molecule has 0 fully saturated rings.